The maximum atomic E-state index is 11.8. The first-order valence-corrected chi connectivity index (χ1v) is 7.12. The van der Waals surface area contributed by atoms with Crippen LogP contribution in [-0.4, -0.2) is 19.1 Å². The molecular weight excluding hydrogens is 274 g/mol. The maximum Gasteiger partial charge on any atom is 0.323 e. The van der Waals surface area contributed by atoms with Crippen molar-refractivity contribution in [2.45, 2.75) is 44.1 Å². The van der Waals surface area contributed by atoms with Crippen LogP contribution in [0.2, 0.25) is 0 Å². The summed E-state index contributed by atoms with van der Waals surface area (Å²) in [6, 6.07) is 9.59. The van der Waals surface area contributed by atoms with Gasteiger partial charge in [0.1, 0.15) is 6.04 Å². The van der Waals surface area contributed by atoms with E-state index in [1.807, 2.05) is 18.2 Å². The third-order valence-electron chi connectivity index (χ3n) is 4.20. The largest absolute Gasteiger partial charge is 0.468 e. The lowest BCUT2D eigenvalue weighted by atomic mass is 9.73. The molecule has 3 nitrogen and oxygen atoms in total. The lowest BCUT2D eigenvalue weighted by Gasteiger charge is -2.33. The number of nitrogens with two attached hydrogens (primary N) is 1. The van der Waals surface area contributed by atoms with Gasteiger partial charge in [0, 0.05) is 5.92 Å². The Bertz CT molecular complexity index is 404. The predicted molar refractivity (Wildman–Crippen MR) is 83.0 cm³/mol. The second-order valence-electron chi connectivity index (χ2n) is 5.38. The van der Waals surface area contributed by atoms with Gasteiger partial charge in [-0.1, -0.05) is 49.6 Å². The van der Waals surface area contributed by atoms with E-state index in [4.69, 9.17) is 10.5 Å². The number of benzene rings is 1. The van der Waals surface area contributed by atoms with E-state index in [1.165, 1.54) is 26.4 Å². The highest BCUT2D eigenvalue weighted by Crippen LogP contribution is 2.37. The Kier molecular flexibility index (Phi) is 7.03. The lowest BCUT2D eigenvalue weighted by molar-refractivity contribution is -0.143. The van der Waals surface area contributed by atoms with Crippen LogP contribution in [-0.2, 0) is 9.53 Å². The molecule has 2 unspecified atom stereocenters. The second kappa shape index (κ2) is 8.28. The van der Waals surface area contributed by atoms with E-state index in [0.29, 0.717) is 5.92 Å². The summed E-state index contributed by atoms with van der Waals surface area (Å²) < 4.78 is 4.84. The first kappa shape index (κ1) is 17.0. The Balaban J connectivity index is 0.00000200. The van der Waals surface area contributed by atoms with Crippen molar-refractivity contribution in [2.24, 2.45) is 11.7 Å². The normalized spacial score (nSPS) is 18.7. The Morgan fingerprint density at radius 2 is 1.80 bits per heavy atom. The van der Waals surface area contributed by atoms with Gasteiger partial charge in [0.25, 0.3) is 0 Å². The molecule has 0 amide bonds. The van der Waals surface area contributed by atoms with Crippen LogP contribution < -0.4 is 5.73 Å². The molecule has 2 atom stereocenters. The Morgan fingerprint density at radius 3 is 2.35 bits per heavy atom. The van der Waals surface area contributed by atoms with Crippen molar-refractivity contribution in [1.29, 1.82) is 0 Å². The van der Waals surface area contributed by atoms with E-state index in [2.05, 4.69) is 12.1 Å². The van der Waals surface area contributed by atoms with E-state index >= 15 is 0 Å². The molecule has 0 bridgehead atoms. The van der Waals surface area contributed by atoms with Crippen molar-refractivity contribution in [3.8, 4) is 0 Å². The molecule has 0 aliphatic heterocycles. The molecule has 0 aromatic heterocycles. The summed E-state index contributed by atoms with van der Waals surface area (Å²) in [6.07, 6.45) is 6.09. The molecule has 0 radical (unpaired) electrons. The Hall–Kier alpha value is -1.06. The molecule has 0 heterocycles. The van der Waals surface area contributed by atoms with Crippen molar-refractivity contribution < 1.29 is 9.53 Å². The van der Waals surface area contributed by atoms with Gasteiger partial charge < -0.3 is 10.5 Å². The van der Waals surface area contributed by atoms with Gasteiger partial charge in [0.15, 0.2) is 0 Å². The standard InChI is InChI=1S/C16H23NO2.ClH/c1-19-16(18)15(17)14(12-8-4-2-5-9-12)13-10-6-3-7-11-13;/h2,4-5,8-9,13-15H,3,6-7,10-11,17H2,1H3;1H. The van der Waals surface area contributed by atoms with Gasteiger partial charge >= 0.3 is 5.97 Å². The average Bonchev–Trinajstić information content (AvgIpc) is 2.49. The molecule has 0 spiro atoms. The zero-order valence-corrected chi connectivity index (χ0v) is 12.8. The summed E-state index contributed by atoms with van der Waals surface area (Å²) in [6.45, 7) is 0. The molecule has 1 aliphatic rings. The van der Waals surface area contributed by atoms with Crippen LogP contribution >= 0.6 is 12.4 Å². The minimum Gasteiger partial charge on any atom is -0.468 e. The third kappa shape index (κ3) is 3.97. The summed E-state index contributed by atoms with van der Waals surface area (Å²) >= 11 is 0. The van der Waals surface area contributed by atoms with E-state index in [0.717, 1.165) is 18.4 Å². The van der Waals surface area contributed by atoms with Gasteiger partial charge in [0.2, 0.25) is 0 Å². The van der Waals surface area contributed by atoms with Crippen molar-refractivity contribution >= 4 is 18.4 Å². The molecule has 0 saturated heterocycles. The monoisotopic (exact) mass is 297 g/mol. The topological polar surface area (TPSA) is 52.3 Å². The maximum absolute atomic E-state index is 11.8. The minimum absolute atomic E-state index is 0. The minimum atomic E-state index is -0.560. The summed E-state index contributed by atoms with van der Waals surface area (Å²) in [7, 11) is 1.41. The Morgan fingerprint density at radius 1 is 1.20 bits per heavy atom. The van der Waals surface area contributed by atoms with Crippen LogP contribution in [0, 0.1) is 5.92 Å². The highest BCUT2D eigenvalue weighted by atomic mass is 35.5. The fourth-order valence-electron chi connectivity index (χ4n) is 3.22. The fourth-order valence-corrected chi connectivity index (χ4v) is 3.22. The van der Waals surface area contributed by atoms with Crippen molar-refractivity contribution in [1.82, 2.24) is 0 Å². The number of methoxy groups -OCH3 is 1. The van der Waals surface area contributed by atoms with Gasteiger partial charge in [0.05, 0.1) is 7.11 Å². The first-order valence-electron chi connectivity index (χ1n) is 7.12. The molecule has 112 valence electrons. The van der Waals surface area contributed by atoms with Crippen molar-refractivity contribution in [2.75, 3.05) is 7.11 Å². The van der Waals surface area contributed by atoms with Crippen LogP contribution in [0.15, 0.2) is 30.3 Å². The van der Waals surface area contributed by atoms with Crippen molar-refractivity contribution in [3.05, 3.63) is 35.9 Å². The number of carbonyl (C=O) groups is 1. The summed E-state index contributed by atoms with van der Waals surface area (Å²) in [5, 5.41) is 0. The quantitative estimate of drug-likeness (QED) is 0.868. The molecule has 1 aromatic carbocycles. The highest BCUT2D eigenvalue weighted by molar-refractivity contribution is 5.85. The molecule has 1 aliphatic carbocycles. The number of ether oxygens (including phenoxy) is 1. The van der Waals surface area contributed by atoms with Gasteiger partial charge in [-0.15, -0.1) is 12.4 Å². The molecule has 1 fully saturated rings. The molecule has 4 heteroatoms. The fraction of sp³-hybridized carbons (Fsp3) is 0.562. The third-order valence-corrected chi connectivity index (χ3v) is 4.20. The lowest BCUT2D eigenvalue weighted by Crippen LogP contribution is -2.41. The van der Waals surface area contributed by atoms with Crippen LogP contribution in [0.25, 0.3) is 0 Å². The number of halogens is 1. The van der Waals surface area contributed by atoms with Crippen LogP contribution in [0.5, 0.6) is 0 Å². The number of hydrogen-bond donors (Lipinski definition) is 1. The van der Waals surface area contributed by atoms with E-state index in [1.54, 1.807) is 0 Å². The molecular formula is C16H24ClNO2. The number of esters is 1. The highest BCUT2D eigenvalue weighted by Gasteiger charge is 2.34. The van der Waals surface area contributed by atoms with E-state index in [-0.39, 0.29) is 24.3 Å². The molecule has 2 rings (SSSR count). The summed E-state index contributed by atoms with van der Waals surface area (Å²) in [5.74, 6) is 0.263. The number of carbonyl (C=O) groups excluding carboxylic acids is 1. The number of rotatable bonds is 4. The molecule has 2 N–H and O–H groups in total. The van der Waals surface area contributed by atoms with Crippen LogP contribution in [0.3, 0.4) is 0 Å². The van der Waals surface area contributed by atoms with Crippen LogP contribution in [0.1, 0.15) is 43.6 Å². The summed E-state index contributed by atoms with van der Waals surface area (Å²) in [4.78, 5) is 11.8. The Labute approximate surface area is 127 Å². The molecule has 1 aromatic rings. The SMILES string of the molecule is COC(=O)C(N)C(c1ccccc1)C1CCCCC1.Cl. The summed E-state index contributed by atoms with van der Waals surface area (Å²) in [5.41, 5.74) is 7.32. The molecule has 20 heavy (non-hydrogen) atoms. The van der Waals surface area contributed by atoms with Gasteiger partial charge in [-0.2, -0.15) is 0 Å². The van der Waals surface area contributed by atoms with Gasteiger partial charge in [-0.25, -0.2) is 0 Å². The van der Waals surface area contributed by atoms with E-state index < -0.39 is 6.04 Å². The predicted octanol–water partition coefficient (Wildman–Crippen LogP) is 3.27. The van der Waals surface area contributed by atoms with Gasteiger partial charge in [-0.3, -0.25) is 4.79 Å². The smallest absolute Gasteiger partial charge is 0.323 e. The molecule has 1 saturated carbocycles. The zero-order valence-electron chi connectivity index (χ0n) is 12.0. The first-order chi connectivity index (χ1) is 9.24. The second-order valence-corrected chi connectivity index (χ2v) is 5.38. The number of hydrogen-bond acceptors (Lipinski definition) is 3. The van der Waals surface area contributed by atoms with Gasteiger partial charge in [-0.05, 0) is 24.3 Å². The zero-order chi connectivity index (χ0) is 13.7. The van der Waals surface area contributed by atoms with E-state index in [9.17, 15) is 4.79 Å². The van der Waals surface area contributed by atoms with Crippen molar-refractivity contribution in [3.63, 3.8) is 0 Å². The average molecular weight is 298 g/mol. The van der Waals surface area contributed by atoms with Crippen LogP contribution in [0.4, 0.5) is 0 Å².